The summed E-state index contributed by atoms with van der Waals surface area (Å²) in [4.78, 5) is 11.0. The van der Waals surface area contributed by atoms with E-state index in [1.807, 2.05) is 0 Å². The van der Waals surface area contributed by atoms with Crippen molar-refractivity contribution < 1.29 is 31.1 Å². The Hall–Kier alpha value is -1.24. The summed E-state index contributed by atoms with van der Waals surface area (Å²) in [6, 6.07) is 2.12. The molecule has 0 N–H and O–H groups in total. The minimum Gasteiger partial charge on any atom is -0.287 e. The predicted octanol–water partition coefficient (Wildman–Crippen LogP) is 3.86. The third-order valence-electron chi connectivity index (χ3n) is 1.84. The summed E-state index contributed by atoms with van der Waals surface area (Å²) < 4.78 is 73.8. The van der Waals surface area contributed by atoms with E-state index in [-0.39, 0.29) is 0 Å². The van der Waals surface area contributed by atoms with Gasteiger partial charge in [-0.15, -0.1) is 0 Å². The molecule has 94 valence electrons. The summed E-state index contributed by atoms with van der Waals surface area (Å²) in [6.45, 7) is 0. The molecule has 0 unspecified atom stereocenters. The Morgan fingerprint density at radius 3 is 2.12 bits per heavy atom. The number of carbonyl (C=O) groups is 1. The maximum absolute atomic E-state index is 12.8. The van der Waals surface area contributed by atoms with Gasteiger partial charge in [-0.05, 0) is 12.1 Å². The van der Waals surface area contributed by atoms with Gasteiger partial charge in [-0.1, -0.05) is 17.7 Å². The standard InChI is InChI=1S/C9H3ClF6O/c10-6-4(2-1-3-5(6)11)7(17)8(12,13)9(14,15)16/h1-3H. The molecule has 0 bridgehead atoms. The van der Waals surface area contributed by atoms with E-state index < -0.39 is 34.3 Å². The number of Topliss-reactive ketones (excluding diaryl/α,β-unsaturated/α-hetero) is 1. The molecular formula is C9H3ClF6O. The summed E-state index contributed by atoms with van der Waals surface area (Å²) in [7, 11) is 0. The molecule has 0 spiro atoms. The average Bonchev–Trinajstić information content (AvgIpc) is 2.19. The van der Waals surface area contributed by atoms with Crippen molar-refractivity contribution in [2.24, 2.45) is 0 Å². The molecule has 8 heteroatoms. The zero-order valence-electron chi connectivity index (χ0n) is 7.79. The zero-order chi connectivity index (χ0) is 13.4. The minimum atomic E-state index is -6.06. The first-order valence-electron chi connectivity index (χ1n) is 4.02. The quantitative estimate of drug-likeness (QED) is 0.592. The number of halogens is 7. The molecule has 1 rings (SSSR count). The Morgan fingerprint density at radius 1 is 1.12 bits per heavy atom. The molecule has 17 heavy (non-hydrogen) atoms. The number of alkyl halides is 5. The number of ketones is 1. The average molecular weight is 277 g/mol. The Bertz CT molecular complexity index is 453. The van der Waals surface area contributed by atoms with Crippen LogP contribution in [-0.4, -0.2) is 17.9 Å². The van der Waals surface area contributed by atoms with Crippen LogP contribution in [0.2, 0.25) is 5.02 Å². The first kappa shape index (κ1) is 13.8. The monoisotopic (exact) mass is 276 g/mol. The summed E-state index contributed by atoms with van der Waals surface area (Å²) in [6.07, 6.45) is -6.06. The van der Waals surface area contributed by atoms with Crippen LogP contribution in [0.4, 0.5) is 26.3 Å². The second kappa shape index (κ2) is 4.21. The molecule has 0 saturated heterocycles. The summed E-state index contributed by atoms with van der Waals surface area (Å²) in [5, 5.41) is -1.07. The van der Waals surface area contributed by atoms with Gasteiger partial charge in [0.15, 0.2) is 0 Å². The lowest BCUT2D eigenvalue weighted by Gasteiger charge is -2.18. The van der Waals surface area contributed by atoms with E-state index in [1.54, 1.807) is 0 Å². The van der Waals surface area contributed by atoms with E-state index >= 15 is 0 Å². The van der Waals surface area contributed by atoms with E-state index in [2.05, 4.69) is 0 Å². The second-order valence-electron chi connectivity index (χ2n) is 3.00. The van der Waals surface area contributed by atoms with Crippen molar-refractivity contribution in [1.82, 2.24) is 0 Å². The molecule has 0 amide bonds. The highest BCUT2D eigenvalue weighted by atomic mass is 35.5. The second-order valence-corrected chi connectivity index (χ2v) is 3.38. The van der Waals surface area contributed by atoms with Crippen LogP contribution in [-0.2, 0) is 0 Å². The highest BCUT2D eigenvalue weighted by Crippen LogP contribution is 2.39. The molecular weight excluding hydrogens is 274 g/mol. The van der Waals surface area contributed by atoms with Crippen LogP contribution >= 0.6 is 11.6 Å². The fraction of sp³-hybridized carbons (Fsp3) is 0.222. The molecule has 1 nitrogen and oxygen atoms in total. The van der Waals surface area contributed by atoms with Crippen molar-refractivity contribution in [1.29, 1.82) is 0 Å². The number of carbonyl (C=O) groups excluding carboxylic acids is 1. The summed E-state index contributed by atoms with van der Waals surface area (Å²) in [5.41, 5.74) is -1.21. The van der Waals surface area contributed by atoms with Crippen molar-refractivity contribution in [2.45, 2.75) is 12.1 Å². The van der Waals surface area contributed by atoms with E-state index in [9.17, 15) is 31.1 Å². The molecule has 0 aliphatic heterocycles. The van der Waals surface area contributed by atoms with Gasteiger partial charge in [0.05, 0.1) is 5.02 Å². The highest BCUT2D eigenvalue weighted by Gasteiger charge is 2.63. The fourth-order valence-corrected chi connectivity index (χ4v) is 1.19. The predicted molar refractivity (Wildman–Crippen MR) is 46.7 cm³/mol. The van der Waals surface area contributed by atoms with Gasteiger partial charge in [0.1, 0.15) is 5.82 Å². The fourth-order valence-electron chi connectivity index (χ4n) is 0.977. The van der Waals surface area contributed by atoms with Crippen LogP contribution in [0.1, 0.15) is 10.4 Å². The van der Waals surface area contributed by atoms with Gasteiger partial charge in [0, 0.05) is 5.56 Å². The van der Waals surface area contributed by atoms with Crippen LogP contribution in [0.15, 0.2) is 18.2 Å². The van der Waals surface area contributed by atoms with Crippen molar-refractivity contribution in [3.63, 3.8) is 0 Å². The van der Waals surface area contributed by atoms with Crippen molar-refractivity contribution in [3.8, 4) is 0 Å². The molecule has 1 aromatic rings. The molecule has 0 aromatic heterocycles. The number of benzene rings is 1. The van der Waals surface area contributed by atoms with Crippen molar-refractivity contribution in [3.05, 3.63) is 34.6 Å². The molecule has 0 fully saturated rings. The summed E-state index contributed by atoms with van der Waals surface area (Å²) in [5.74, 6) is -9.45. The van der Waals surface area contributed by atoms with Crippen molar-refractivity contribution in [2.75, 3.05) is 0 Å². The van der Waals surface area contributed by atoms with Gasteiger partial charge < -0.3 is 0 Å². The molecule has 0 atom stereocenters. The van der Waals surface area contributed by atoms with Gasteiger partial charge >= 0.3 is 12.1 Å². The van der Waals surface area contributed by atoms with Crippen molar-refractivity contribution >= 4 is 17.4 Å². The van der Waals surface area contributed by atoms with E-state index in [4.69, 9.17) is 11.6 Å². The Balaban J connectivity index is 3.27. The molecule has 1 aromatic carbocycles. The van der Waals surface area contributed by atoms with Crippen LogP contribution in [0.5, 0.6) is 0 Å². The normalized spacial score (nSPS) is 12.6. The lowest BCUT2D eigenvalue weighted by molar-refractivity contribution is -0.255. The first-order valence-corrected chi connectivity index (χ1v) is 4.40. The van der Waals surface area contributed by atoms with Gasteiger partial charge in [-0.25, -0.2) is 4.39 Å². The van der Waals surface area contributed by atoms with E-state index in [0.717, 1.165) is 12.1 Å². The lowest BCUT2D eigenvalue weighted by atomic mass is 10.0. The van der Waals surface area contributed by atoms with Gasteiger partial charge in [0.2, 0.25) is 5.78 Å². The van der Waals surface area contributed by atoms with Crippen LogP contribution in [0.3, 0.4) is 0 Å². The van der Waals surface area contributed by atoms with Crippen LogP contribution in [0, 0.1) is 5.82 Å². The Kier molecular flexibility index (Phi) is 3.42. The van der Waals surface area contributed by atoms with Crippen LogP contribution in [0.25, 0.3) is 0 Å². The SMILES string of the molecule is O=C(c1cccc(F)c1Cl)C(F)(F)C(F)(F)F. The smallest absolute Gasteiger partial charge is 0.287 e. The Morgan fingerprint density at radius 2 is 1.65 bits per heavy atom. The van der Waals surface area contributed by atoms with E-state index in [1.165, 1.54) is 0 Å². The number of hydrogen-bond donors (Lipinski definition) is 0. The number of rotatable bonds is 2. The van der Waals surface area contributed by atoms with Crippen LogP contribution < -0.4 is 0 Å². The minimum absolute atomic E-state index is 0.591. The molecule has 0 aliphatic rings. The Labute approximate surface area is 96.0 Å². The highest BCUT2D eigenvalue weighted by molar-refractivity contribution is 6.34. The molecule has 0 saturated carbocycles. The summed E-state index contributed by atoms with van der Waals surface area (Å²) >= 11 is 5.15. The first-order chi connectivity index (χ1) is 7.59. The maximum Gasteiger partial charge on any atom is 0.461 e. The third-order valence-corrected chi connectivity index (χ3v) is 2.22. The zero-order valence-corrected chi connectivity index (χ0v) is 8.54. The topological polar surface area (TPSA) is 17.1 Å². The molecule has 0 heterocycles. The van der Waals surface area contributed by atoms with E-state index in [0.29, 0.717) is 6.07 Å². The number of hydrogen-bond acceptors (Lipinski definition) is 1. The van der Waals surface area contributed by atoms with Gasteiger partial charge in [-0.3, -0.25) is 4.79 Å². The maximum atomic E-state index is 12.8. The molecule has 0 aliphatic carbocycles. The largest absolute Gasteiger partial charge is 0.461 e. The third kappa shape index (κ3) is 2.38. The lowest BCUT2D eigenvalue weighted by Crippen LogP contribution is -2.44. The van der Waals surface area contributed by atoms with Gasteiger partial charge in [-0.2, -0.15) is 22.0 Å². The van der Waals surface area contributed by atoms with Gasteiger partial charge in [0.25, 0.3) is 0 Å². The molecule has 0 radical (unpaired) electrons.